The van der Waals surface area contributed by atoms with Crippen LogP contribution in [0.3, 0.4) is 0 Å². The minimum Gasteiger partial charge on any atom is -0.351 e. The third-order valence-electron chi connectivity index (χ3n) is 6.28. The number of carbonyl (C=O) groups excluding carboxylic acids is 1. The first-order valence-corrected chi connectivity index (χ1v) is 8.98. The molecule has 1 heterocycles. The summed E-state index contributed by atoms with van der Waals surface area (Å²) >= 11 is 0. The van der Waals surface area contributed by atoms with Gasteiger partial charge in [-0.05, 0) is 44.1 Å². The van der Waals surface area contributed by atoms with Crippen molar-refractivity contribution in [3.05, 3.63) is 0 Å². The fourth-order valence-electron chi connectivity index (χ4n) is 4.91. The maximum atomic E-state index is 13.0. The van der Waals surface area contributed by atoms with Gasteiger partial charge in [0.15, 0.2) is 0 Å². The summed E-state index contributed by atoms with van der Waals surface area (Å²) in [5.41, 5.74) is 5.85. The highest BCUT2D eigenvalue weighted by molar-refractivity contribution is 5.84. The van der Waals surface area contributed by atoms with Crippen LogP contribution in [0.4, 0.5) is 0 Å². The van der Waals surface area contributed by atoms with Crippen molar-refractivity contribution in [2.45, 2.75) is 63.8 Å². The molecule has 120 valence electrons. The maximum Gasteiger partial charge on any atom is 0.228 e. The summed E-state index contributed by atoms with van der Waals surface area (Å²) in [4.78, 5) is 13.0. The maximum absolute atomic E-state index is 13.0. The molecule has 4 heteroatoms. The molecule has 0 aromatic carbocycles. The van der Waals surface area contributed by atoms with Crippen LogP contribution in [0.5, 0.6) is 0 Å². The van der Waals surface area contributed by atoms with Gasteiger partial charge < -0.3 is 16.4 Å². The van der Waals surface area contributed by atoms with Crippen LogP contribution < -0.4 is 16.4 Å². The number of rotatable bonds is 4. The van der Waals surface area contributed by atoms with E-state index in [1.165, 1.54) is 51.4 Å². The van der Waals surface area contributed by atoms with Crippen LogP contribution in [0.25, 0.3) is 0 Å². The van der Waals surface area contributed by atoms with E-state index in [0.29, 0.717) is 24.3 Å². The molecule has 1 unspecified atom stereocenters. The molecule has 2 aliphatic carbocycles. The van der Waals surface area contributed by atoms with Gasteiger partial charge in [0.2, 0.25) is 5.91 Å². The standard InChI is InChI=1S/C17H31N3O/c18-10-15(13-6-2-1-3-7-13)20-16(21)17-9-5-4-8-14(17)11-19-12-17/h13-15,19H,1-12,18H2,(H,20,21)/t14-,15?,17+/m0/s1. The van der Waals surface area contributed by atoms with E-state index in [4.69, 9.17) is 5.73 Å². The number of carbonyl (C=O) groups is 1. The predicted molar refractivity (Wildman–Crippen MR) is 84.8 cm³/mol. The summed E-state index contributed by atoms with van der Waals surface area (Å²) in [6.07, 6.45) is 11.1. The number of nitrogens with two attached hydrogens (primary N) is 1. The summed E-state index contributed by atoms with van der Waals surface area (Å²) < 4.78 is 0. The van der Waals surface area contributed by atoms with Crippen LogP contribution in [-0.4, -0.2) is 31.6 Å². The van der Waals surface area contributed by atoms with Gasteiger partial charge in [-0.2, -0.15) is 0 Å². The Kier molecular flexibility index (Phi) is 4.85. The van der Waals surface area contributed by atoms with Crippen LogP contribution in [0, 0.1) is 17.3 Å². The molecule has 4 N–H and O–H groups in total. The molecule has 1 aliphatic heterocycles. The van der Waals surface area contributed by atoms with Gasteiger partial charge in [-0.3, -0.25) is 4.79 Å². The first-order chi connectivity index (χ1) is 10.3. The van der Waals surface area contributed by atoms with E-state index in [9.17, 15) is 4.79 Å². The lowest BCUT2D eigenvalue weighted by atomic mass is 9.67. The Labute approximate surface area is 128 Å². The summed E-state index contributed by atoms with van der Waals surface area (Å²) in [6, 6.07) is 0.190. The normalized spacial score (nSPS) is 35.2. The highest BCUT2D eigenvalue weighted by atomic mass is 16.2. The third kappa shape index (κ3) is 2.98. The second-order valence-corrected chi connectivity index (χ2v) is 7.44. The SMILES string of the molecule is NCC(NC(=O)[C@@]12CCCC[C@H]1CNC2)C1CCCCC1. The molecule has 3 atom stereocenters. The van der Waals surface area contributed by atoms with Crippen molar-refractivity contribution in [3.63, 3.8) is 0 Å². The number of hydrogen-bond acceptors (Lipinski definition) is 3. The van der Waals surface area contributed by atoms with Crippen molar-refractivity contribution in [2.24, 2.45) is 23.0 Å². The Bertz CT molecular complexity index is 367. The van der Waals surface area contributed by atoms with Crippen molar-refractivity contribution >= 4 is 5.91 Å². The molecule has 4 nitrogen and oxygen atoms in total. The largest absolute Gasteiger partial charge is 0.351 e. The van der Waals surface area contributed by atoms with Crippen LogP contribution in [0.1, 0.15) is 57.8 Å². The molecule has 0 radical (unpaired) electrons. The lowest BCUT2D eigenvalue weighted by molar-refractivity contribution is -0.135. The highest BCUT2D eigenvalue weighted by Gasteiger charge is 2.50. The second kappa shape index (κ2) is 6.66. The van der Waals surface area contributed by atoms with Crippen molar-refractivity contribution < 1.29 is 4.79 Å². The van der Waals surface area contributed by atoms with Gasteiger partial charge >= 0.3 is 0 Å². The van der Waals surface area contributed by atoms with Crippen molar-refractivity contribution in [1.29, 1.82) is 0 Å². The fourth-order valence-corrected chi connectivity index (χ4v) is 4.91. The molecular formula is C17H31N3O. The predicted octanol–water partition coefficient (Wildman–Crippen LogP) is 1.79. The molecule has 3 rings (SSSR count). The van der Waals surface area contributed by atoms with Crippen LogP contribution in [-0.2, 0) is 4.79 Å². The Morgan fingerprint density at radius 2 is 1.95 bits per heavy atom. The molecule has 21 heavy (non-hydrogen) atoms. The van der Waals surface area contributed by atoms with E-state index >= 15 is 0 Å². The van der Waals surface area contributed by atoms with E-state index in [0.717, 1.165) is 19.5 Å². The topological polar surface area (TPSA) is 67.1 Å². The monoisotopic (exact) mass is 293 g/mol. The lowest BCUT2D eigenvalue weighted by Crippen LogP contribution is -2.54. The van der Waals surface area contributed by atoms with Gasteiger partial charge in [0.25, 0.3) is 0 Å². The molecular weight excluding hydrogens is 262 g/mol. The average Bonchev–Trinajstić information content (AvgIpc) is 2.98. The molecule has 0 aromatic rings. The summed E-state index contributed by atoms with van der Waals surface area (Å²) in [5.74, 6) is 1.43. The number of amides is 1. The third-order valence-corrected chi connectivity index (χ3v) is 6.28. The molecule has 3 fully saturated rings. The van der Waals surface area contributed by atoms with Gasteiger partial charge in [0.1, 0.15) is 0 Å². The molecule has 1 amide bonds. The molecule has 3 aliphatic rings. The number of hydrogen-bond donors (Lipinski definition) is 3. The zero-order valence-corrected chi connectivity index (χ0v) is 13.2. The van der Waals surface area contributed by atoms with Crippen molar-refractivity contribution in [3.8, 4) is 0 Å². The van der Waals surface area contributed by atoms with Crippen LogP contribution >= 0.6 is 0 Å². The molecule has 1 saturated heterocycles. The molecule has 2 saturated carbocycles. The Hall–Kier alpha value is -0.610. The summed E-state index contributed by atoms with van der Waals surface area (Å²) in [5, 5.41) is 6.83. The molecule has 0 spiro atoms. The minimum absolute atomic E-state index is 0.139. The van der Waals surface area contributed by atoms with Gasteiger partial charge in [0, 0.05) is 19.1 Å². The first kappa shape index (κ1) is 15.3. The highest BCUT2D eigenvalue weighted by Crippen LogP contribution is 2.44. The first-order valence-electron chi connectivity index (χ1n) is 8.98. The van der Waals surface area contributed by atoms with E-state index < -0.39 is 0 Å². The second-order valence-electron chi connectivity index (χ2n) is 7.44. The zero-order chi connectivity index (χ0) is 14.7. The zero-order valence-electron chi connectivity index (χ0n) is 13.2. The Morgan fingerprint density at radius 3 is 2.71 bits per heavy atom. The van der Waals surface area contributed by atoms with E-state index in [-0.39, 0.29) is 11.5 Å². The lowest BCUT2D eigenvalue weighted by Gasteiger charge is -2.39. The number of fused-ring (bicyclic) bond motifs is 1. The van der Waals surface area contributed by atoms with Crippen LogP contribution in [0.15, 0.2) is 0 Å². The van der Waals surface area contributed by atoms with Gasteiger partial charge in [-0.1, -0.05) is 32.1 Å². The van der Waals surface area contributed by atoms with E-state index in [2.05, 4.69) is 10.6 Å². The fraction of sp³-hybridized carbons (Fsp3) is 0.941. The quantitative estimate of drug-likeness (QED) is 0.740. The van der Waals surface area contributed by atoms with Crippen molar-refractivity contribution in [1.82, 2.24) is 10.6 Å². The summed E-state index contributed by atoms with van der Waals surface area (Å²) in [7, 11) is 0. The van der Waals surface area contributed by atoms with Gasteiger partial charge in [0.05, 0.1) is 5.41 Å². The van der Waals surface area contributed by atoms with E-state index in [1.54, 1.807) is 0 Å². The minimum atomic E-state index is -0.139. The Balaban J connectivity index is 1.66. The van der Waals surface area contributed by atoms with Gasteiger partial charge in [-0.25, -0.2) is 0 Å². The van der Waals surface area contributed by atoms with E-state index in [1.807, 2.05) is 0 Å². The molecule has 0 aromatic heterocycles. The van der Waals surface area contributed by atoms with Gasteiger partial charge in [-0.15, -0.1) is 0 Å². The summed E-state index contributed by atoms with van der Waals surface area (Å²) in [6.45, 7) is 2.47. The molecule has 0 bridgehead atoms. The Morgan fingerprint density at radius 1 is 1.19 bits per heavy atom. The number of nitrogens with one attached hydrogen (secondary N) is 2. The average molecular weight is 293 g/mol. The van der Waals surface area contributed by atoms with Crippen molar-refractivity contribution in [2.75, 3.05) is 19.6 Å². The smallest absolute Gasteiger partial charge is 0.228 e. The van der Waals surface area contributed by atoms with Crippen LogP contribution in [0.2, 0.25) is 0 Å².